The average Bonchev–Trinajstić information content (AvgIpc) is 3.54. The van der Waals surface area contributed by atoms with Crippen molar-refractivity contribution in [2.75, 3.05) is 25.8 Å². The van der Waals surface area contributed by atoms with E-state index in [4.69, 9.17) is 14.2 Å². The van der Waals surface area contributed by atoms with Crippen LogP contribution in [0, 0.1) is 0 Å². The van der Waals surface area contributed by atoms with Crippen molar-refractivity contribution >= 4 is 28.3 Å². The number of thiazole rings is 1. The van der Waals surface area contributed by atoms with Crippen LogP contribution >= 0.6 is 11.3 Å². The number of methoxy groups -OCH3 is 1. The van der Waals surface area contributed by atoms with Crippen LogP contribution in [0.1, 0.15) is 38.8 Å². The Morgan fingerprint density at radius 3 is 2.91 bits per heavy atom. The van der Waals surface area contributed by atoms with E-state index in [1.807, 2.05) is 24.3 Å². The van der Waals surface area contributed by atoms with Crippen molar-refractivity contribution in [3.05, 3.63) is 64.2 Å². The Balaban J connectivity index is 1.20. The highest BCUT2D eigenvalue weighted by molar-refractivity contribution is 7.16. The molecule has 2 amide bonds. The Kier molecular flexibility index (Phi) is 5.87. The number of carbonyl (C=O) groups excluding carboxylic acids is 2. The molecule has 9 heteroatoms. The first-order chi connectivity index (χ1) is 16.1. The minimum absolute atomic E-state index is 0.0393. The summed E-state index contributed by atoms with van der Waals surface area (Å²) in [5, 5.41) is 6.36. The van der Waals surface area contributed by atoms with Crippen LogP contribution in [0.15, 0.2) is 42.5 Å². The number of amides is 2. The normalized spacial score (nSPS) is 15.7. The van der Waals surface area contributed by atoms with Crippen LogP contribution in [0.2, 0.25) is 0 Å². The second-order valence-corrected chi connectivity index (χ2v) is 8.88. The summed E-state index contributed by atoms with van der Waals surface area (Å²) in [5.41, 5.74) is 2.27. The van der Waals surface area contributed by atoms with E-state index in [0.29, 0.717) is 35.2 Å². The minimum Gasteiger partial charge on any atom is -0.496 e. The summed E-state index contributed by atoms with van der Waals surface area (Å²) in [6.07, 6.45) is 2.19. The van der Waals surface area contributed by atoms with E-state index < -0.39 is 0 Å². The lowest BCUT2D eigenvalue weighted by atomic mass is 10.1. The molecule has 1 aliphatic carbocycles. The molecule has 0 spiro atoms. The highest BCUT2D eigenvalue weighted by Crippen LogP contribution is 2.39. The predicted octanol–water partition coefficient (Wildman–Crippen LogP) is 3.52. The Bertz CT molecular complexity index is 1210. The molecule has 0 fully saturated rings. The molecule has 0 saturated carbocycles. The molecule has 1 aromatic heterocycles. The highest BCUT2D eigenvalue weighted by Gasteiger charge is 2.32. The van der Waals surface area contributed by atoms with Gasteiger partial charge in [0.2, 0.25) is 12.7 Å². The number of aromatic nitrogens is 1. The Hall–Kier alpha value is -3.59. The number of fused-ring (bicyclic) bond motifs is 2. The molecule has 1 aliphatic heterocycles. The largest absolute Gasteiger partial charge is 0.496 e. The van der Waals surface area contributed by atoms with Crippen LogP contribution in [-0.4, -0.2) is 37.2 Å². The average molecular weight is 466 g/mol. The van der Waals surface area contributed by atoms with Gasteiger partial charge < -0.3 is 19.5 Å². The third-order valence-corrected chi connectivity index (χ3v) is 6.82. The van der Waals surface area contributed by atoms with Crippen LogP contribution in [0.5, 0.6) is 17.2 Å². The molecule has 2 heterocycles. The smallest absolute Gasteiger partial charge is 0.257 e. The number of aryl methyl sites for hydroxylation is 1. The molecule has 5 rings (SSSR count). The molecule has 0 bridgehead atoms. The van der Waals surface area contributed by atoms with E-state index in [2.05, 4.69) is 15.6 Å². The monoisotopic (exact) mass is 465 g/mol. The maximum Gasteiger partial charge on any atom is 0.257 e. The first kappa shape index (κ1) is 21.3. The van der Waals surface area contributed by atoms with Crippen LogP contribution in [0.4, 0.5) is 5.13 Å². The minimum atomic E-state index is -0.301. The molecule has 0 radical (unpaired) electrons. The lowest BCUT2D eigenvalue weighted by Gasteiger charge is -2.12. The summed E-state index contributed by atoms with van der Waals surface area (Å²) < 4.78 is 16.0. The van der Waals surface area contributed by atoms with Crippen LogP contribution in [0.3, 0.4) is 0 Å². The lowest BCUT2D eigenvalue weighted by Crippen LogP contribution is -2.30. The summed E-state index contributed by atoms with van der Waals surface area (Å²) in [6.45, 7) is 0.671. The second kappa shape index (κ2) is 9.11. The van der Waals surface area contributed by atoms with E-state index in [1.165, 1.54) is 11.3 Å². The van der Waals surface area contributed by atoms with Crippen molar-refractivity contribution in [2.24, 2.45) is 0 Å². The molecular weight excluding hydrogens is 442 g/mol. The number of hydrogen-bond acceptors (Lipinski definition) is 7. The first-order valence-corrected chi connectivity index (χ1v) is 11.5. The van der Waals surface area contributed by atoms with Gasteiger partial charge in [-0.2, -0.15) is 0 Å². The molecule has 2 N–H and O–H groups in total. The number of nitrogens with one attached hydrogen (secondary N) is 2. The van der Waals surface area contributed by atoms with Gasteiger partial charge in [-0.05, 0) is 49.1 Å². The molecule has 0 saturated heterocycles. The number of anilines is 1. The summed E-state index contributed by atoms with van der Waals surface area (Å²) in [6, 6.07) is 12.8. The molecule has 1 atom stereocenters. The van der Waals surface area contributed by atoms with Crippen molar-refractivity contribution in [1.82, 2.24) is 10.3 Å². The number of nitrogens with zero attached hydrogens (tertiary/aromatic N) is 1. The first-order valence-electron chi connectivity index (χ1n) is 10.7. The van der Waals surface area contributed by atoms with E-state index in [9.17, 15) is 9.59 Å². The van der Waals surface area contributed by atoms with E-state index in [1.54, 1.807) is 25.3 Å². The van der Waals surface area contributed by atoms with Gasteiger partial charge in [0.25, 0.3) is 5.91 Å². The fraction of sp³-hybridized carbons (Fsp3) is 0.292. The van der Waals surface area contributed by atoms with Crippen LogP contribution in [-0.2, 0) is 17.6 Å². The summed E-state index contributed by atoms with van der Waals surface area (Å²) in [4.78, 5) is 31.1. The fourth-order valence-corrected chi connectivity index (χ4v) is 5.13. The molecule has 33 heavy (non-hydrogen) atoms. The Morgan fingerprint density at radius 1 is 1.18 bits per heavy atom. The van der Waals surface area contributed by atoms with Crippen LogP contribution < -0.4 is 24.8 Å². The van der Waals surface area contributed by atoms with Crippen molar-refractivity contribution in [1.29, 1.82) is 0 Å². The Morgan fingerprint density at radius 2 is 2.03 bits per heavy atom. The van der Waals surface area contributed by atoms with Gasteiger partial charge in [0.05, 0.1) is 18.7 Å². The summed E-state index contributed by atoms with van der Waals surface area (Å²) >= 11 is 1.42. The van der Waals surface area contributed by atoms with Gasteiger partial charge >= 0.3 is 0 Å². The maximum atomic E-state index is 12.8. The molecule has 170 valence electrons. The zero-order valence-corrected chi connectivity index (χ0v) is 18.9. The van der Waals surface area contributed by atoms with Gasteiger partial charge in [-0.25, -0.2) is 4.98 Å². The van der Waals surface area contributed by atoms with Gasteiger partial charge in [0.15, 0.2) is 16.6 Å². The second-order valence-electron chi connectivity index (χ2n) is 7.79. The van der Waals surface area contributed by atoms with Crippen LogP contribution in [0.25, 0.3) is 0 Å². The van der Waals surface area contributed by atoms with Crippen molar-refractivity contribution in [3.8, 4) is 17.2 Å². The Labute approximate surface area is 194 Å². The van der Waals surface area contributed by atoms with Crippen molar-refractivity contribution < 1.29 is 23.8 Å². The third kappa shape index (κ3) is 4.36. The highest BCUT2D eigenvalue weighted by atomic mass is 32.1. The summed E-state index contributed by atoms with van der Waals surface area (Å²) in [5.74, 6) is 1.37. The molecular formula is C24H23N3O5S. The zero-order chi connectivity index (χ0) is 22.8. The molecule has 3 aromatic rings. The lowest BCUT2D eigenvalue weighted by molar-refractivity contribution is -0.122. The molecule has 1 unspecified atom stereocenters. The standard InChI is InChI=1S/C24H23N3O5S/c1-30-17-5-3-2-4-14(17)10-11-25-23(29)16-7-9-20-21(16)26-24(33-20)27-22(28)15-6-8-18-19(12-15)32-13-31-18/h2-6,8,12,16H,7,9-11,13H2,1H3,(H,25,29)(H,26,27,28). The topological polar surface area (TPSA) is 98.8 Å². The fourth-order valence-electron chi connectivity index (χ4n) is 4.10. The van der Waals surface area contributed by atoms with Gasteiger partial charge in [0, 0.05) is 17.0 Å². The predicted molar refractivity (Wildman–Crippen MR) is 123 cm³/mol. The van der Waals surface area contributed by atoms with Crippen molar-refractivity contribution in [2.45, 2.75) is 25.2 Å². The molecule has 8 nitrogen and oxygen atoms in total. The summed E-state index contributed by atoms with van der Waals surface area (Å²) in [7, 11) is 1.64. The quantitative estimate of drug-likeness (QED) is 0.554. The number of carbonyl (C=O) groups is 2. The van der Waals surface area contributed by atoms with E-state index in [0.717, 1.165) is 34.7 Å². The van der Waals surface area contributed by atoms with Gasteiger partial charge in [-0.15, -0.1) is 11.3 Å². The number of ether oxygens (including phenoxy) is 3. The van der Waals surface area contributed by atoms with E-state index >= 15 is 0 Å². The molecule has 2 aromatic carbocycles. The van der Waals surface area contributed by atoms with Gasteiger partial charge in [-0.1, -0.05) is 18.2 Å². The SMILES string of the molecule is COc1ccccc1CCNC(=O)C1CCc2sc(NC(=O)c3ccc4c(c3)OCO4)nc21. The van der Waals surface area contributed by atoms with Crippen molar-refractivity contribution in [3.63, 3.8) is 0 Å². The number of hydrogen-bond donors (Lipinski definition) is 2. The van der Waals surface area contributed by atoms with E-state index in [-0.39, 0.29) is 24.5 Å². The third-order valence-electron chi connectivity index (χ3n) is 5.78. The number of rotatable bonds is 7. The maximum absolute atomic E-state index is 12.8. The van der Waals surface area contributed by atoms with Gasteiger partial charge in [-0.3, -0.25) is 14.9 Å². The van der Waals surface area contributed by atoms with Gasteiger partial charge in [0.1, 0.15) is 5.75 Å². The number of benzene rings is 2. The number of para-hydroxylation sites is 1. The zero-order valence-electron chi connectivity index (χ0n) is 18.1. The molecule has 2 aliphatic rings.